The van der Waals surface area contributed by atoms with Crippen molar-refractivity contribution in [2.24, 2.45) is 0 Å². The number of nitrogens with one attached hydrogen (secondary N) is 1. The number of benzene rings is 2. The molecule has 0 saturated heterocycles. The first-order valence-electron chi connectivity index (χ1n) is 6.84. The first-order chi connectivity index (χ1) is 10.0. The van der Waals surface area contributed by atoms with Crippen LogP contribution in [0.25, 0.3) is 0 Å². The number of para-hydroxylation sites is 1. The van der Waals surface area contributed by atoms with Gasteiger partial charge < -0.3 is 10.4 Å². The Kier molecular flexibility index (Phi) is 4.42. The Balaban J connectivity index is 2.26. The standard InChI is InChI=1S/C16H18N2O3/c1-3-12-8-9-13(10-15(12)18(20)21)17-11(2)14-6-4-5-7-16(14)19/h4-11,17,19H,3H2,1-2H3. The smallest absolute Gasteiger partial charge is 0.274 e. The van der Waals surface area contributed by atoms with Crippen LogP contribution in [0, 0.1) is 10.1 Å². The number of rotatable bonds is 5. The average molecular weight is 286 g/mol. The van der Waals surface area contributed by atoms with E-state index in [-0.39, 0.29) is 22.4 Å². The van der Waals surface area contributed by atoms with Crippen molar-refractivity contribution in [1.29, 1.82) is 0 Å². The lowest BCUT2D eigenvalue weighted by Crippen LogP contribution is -2.07. The SMILES string of the molecule is CCc1ccc(NC(C)c2ccccc2O)cc1[N+](=O)[O-]. The molecular formula is C16H18N2O3. The van der Waals surface area contributed by atoms with Crippen LogP contribution >= 0.6 is 0 Å². The number of phenols is 1. The molecule has 2 rings (SSSR count). The van der Waals surface area contributed by atoms with Gasteiger partial charge in [-0.15, -0.1) is 0 Å². The van der Waals surface area contributed by atoms with Crippen molar-refractivity contribution < 1.29 is 10.0 Å². The lowest BCUT2D eigenvalue weighted by molar-refractivity contribution is -0.385. The Morgan fingerprint density at radius 3 is 2.62 bits per heavy atom. The minimum absolute atomic E-state index is 0.118. The van der Waals surface area contributed by atoms with Crippen LogP contribution in [0.4, 0.5) is 11.4 Å². The molecule has 5 nitrogen and oxygen atoms in total. The lowest BCUT2D eigenvalue weighted by atomic mass is 10.1. The molecule has 0 amide bonds. The molecule has 2 aromatic rings. The second kappa shape index (κ2) is 6.26. The first kappa shape index (κ1) is 14.8. The quantitative estimate of drug-likeness (QED) is 0.642. The van der Waals surface area contributed by atoms with Crippen molar-refractivity contribution in [3.63, 3.8) is 0 Å². The highest BCUT2D eigenvalue weighted by atomic mass is 16.6. The predicted octanol–water partition coefficient (Wildman–Crippen LogP) is 4.04. The van der Waals surface area contributed by atoms with Crippen LogP contribution in [-0.2, 0) is 6.42 Å². The van der Waals surface area contributed by atoms with Gasteiger partial charge in [0.25, 0.3) is 5.69 Å². The second-order valence-corrected chi connectivity index (χ2v) is 4.88. The summed E-state index contributed by atoms with van der Waals surface area (Å²) in [5.41, 5.74) is 2.24. The van der Waals surface area contributed by atoms with E-state index in [0.717, 1.165) is 5.56 Å². The van der Waals surface area contributed by atoms with E-state index in [2.05, 4.69) is 5.32 Å². The van der Waals surface area contributed by atoms with Crippen LogP contribution in [0.1, 0.15) is 31.0 Å². The van der Waals surface area contributed by atoms with Gasteiger partial charge in [0.1, 0.15) is 5.75 Å². The van der Waals surface area contributed by atoms with Gasteiger partial charge in [-0.2, -0.15) is 0 Å². The molecular weight excluding hydrogens is 268 g/mol. The molecule has 2 aromatic carbocycles. The molecule has 0 fully saturated rings. The van der Waals surface area contributed by atoms with E-state index in [0.29, 0.717) is 17.7 Å². The van der Waals surface area contributed by atoms with E-state index in [4.69, 9.17) is 0 Å². The van der Waals surface area contributed by atoms with Gasteiger partial charge >= 0.3 is 0 Å². The Labute approximate surface area is 123 Å². The molecule has 2 N–H and O–H groups in total. The molecule has 0 spiro atoms. The van der Waals surface area contributed by atoms with Crippen molar-refractivity contribution in [2.75, 3.05) is 5.32 Å². The maximum Gasteiger partial charge on any atom is 0.274 e. The summed E-state index contributed by atoms with van der Waals surface area (Å²) in [7, 11) is 0. The monoisotopic (exact) mass is 286 g/mol. The van der Waals surface area contributed by atoms with Crippen LogP contribution in [-0.4, -0.2) is 10.0 Å². The van der Waals surface area contributed by atoms with Gasteiger partial charge in [-0.05, 0) is 25.5 Å². The van der Waals surface area contributed by atoms with Gasteiger partial charge in [0.15, 0.2) is 0 Å². The zero-order valence-electron chi connectivity index (χ0n) is 12.0. The molecule has 0 radical (unpaired) electrons. The first-order valence-corrected chi connectivity index (χ1v) is 6.84. The molecule has 21 heavy (non-hydrogen) atoms. The second-order valence-electron chi connectivity index (χ2n) is 4.88. The minimum atomic E-state index is -0.366. The number of phenolic OH excluding ortho intramolecular Hbond substituents is 1. The van der Waals surface area contributed by atoms with E-state index in [1.54, 1.807) is 18.2 Å². The molecule has 5 heteroatoms. The largest absolute Gasteiger partial charge is 0.508 e. The fourth-order valence-electron chi connectivity index (χ4n) is 2.30. The normalized spacial score (nSPS) is 11.9. The molecule has 0 heterocycles. The van der Waals surface area contributed by atoms with Crippen molar-refractivity contribution in [3.8, 4) is 5.75 Å². The third-order valence-corrected chi connectivity index (χ3v) is 3.45. The molecule has 0 aliphatic rings. The number of nitro benzene ring substituents is 1. The molecule has 110 valence electrons. The summed E-state index contributed by atoms with van der Waals surface area (Å²) in [6.45, 7) is 3.79. The zero-order chi connectivity index (χ0) is 15.4. The highest BCUT2D eigenvalue weighted by molar-refractivity contribution is 5.56. The van der Waals surface area contributed by atoms with Gasteiger partial charge in [0, 0.05) is 22.9 Å². The molecule has 0 bridgehead atoms. The summed E-state index contributed by atoms with van der Waals surface area (Å²) >= 11 is 0. The number of aryl methyl sites for hydroxylation is 1. The van der Waals surface area contributed by atoms with Gasteiger partial charge in [0.2, 0.25) is 0 Å². The van der Waals surface area contributed by atoms with Crippen molar-refractivity contribution in [2.45, 2.75) is 26.3 Å². The minimum Gasteiger partial charge on any atom is -0.508 e. The lowest BCUT2D eigenvalue weighted by Gasteiger charge is -2.17. The number of nitrogens with zero attached hydrogens (tertiary/aromatic N) is 1. The number of hydrogen-bond acceptors (Lipinski definition) is 4. The molecule has 0 saturated carbocycles. The van der Waals surface area contributed by atoms with Gasteiger partial charge in [0.05, 0.1) is 11.0 Å². The molecule has 0 aliphatic carbocycles. The maximum atomic E-state index is 11.1. The Morgan fingerprint density at radius 2 is 2.00 bits per heavy atom. The van der Waals surface area contributed by atoms with Gasteiger partial charge in [-0.25, -0.2) is 0 Å². The maximum absolute atomic E-state index is 11.1. The van der Waals surface area contributed by atoms with Gasteiger partial charge in [-0.1, -0.05) is 31.2 Å². The third kappa shape index (κ3) is 3.31. The summed E-state index contributed by atoms with van der Waals surface area (Å²) < 4.78 is 0. The van der Waals surface area contributed by atoms with Crippen LogP contribution in [0.15, 0.2) is 42.5 Å². The van der Waals surface area contributed by atoms with Crippen LogP contribution in [0.2, 0.25) is 0 Å². The van der Waals surface area contributed by atoms with Crippen molar-refractivity contribution in [1.82, 2.24) is 0 Å². The summed E-state index contributed by atoms with van der Waals surface area (Å²) in [5, 5.41) is 24.1. The summed E-state index contributed by atoms with van der Waals surface area (Å²) in [6, 6.07) is 12.0. The summed E-state index contributed by atoms with van der Waals surface area (Å²) in [5.74, 6) is 0.206. The van der Waals surface area contributed by atoms with E-state index < -0.39 is 0 Å². The topological polar surface area (TPSA) is 75.4 Å². The van der Waals surface area contributed by atoms with Crippen molar-refractivity contribution in [3.05, 3.63) is 63.7 Å². The fourth-order valence-corrected chi connectivity index (χ4v) is 2.30. The number of nitro groups is 1. The van der Waals surface area contributed by atoms with Crippen LogP contribution in [0.3, 0.4) is 0 Å². The number of anilines is 1. The summed E-state index contributed by atoms with van der Waals surface area (Å²) in [6.07, 6.45) is 0.617. The zero-order valence-corrected chi connectivity index (χ0v) is 12.0. The van der Waals surface area contributed by atoms with E-state index >= 15 is 0 Å². The number of hydrogen-bond donors (Lipinski definition) is 2. The van der Waals surface area contributed by atoms with E-state index in [1.807, 2.05) is 32.0 Å². The predicted molar refractivity (Wildman–Crippen MR) is 82.6 cm³/mol. The Bertz CT molecular complexity index is 656. The molecule has 1 atom stereocenters. The Hall–Kier alpha value is -2.56. The third-order valence-electron chi connectivity index (χ3n) is 3.45. The van der Waals surface area contributed by atoms with E-state index in [1.165, 1.54) is 6.07 Å². The molecule has 0 aliphatic heterocycles. The number of aromatic hydroxyl groups is 1. The van der Waals surface area contributed by atoms with Crippen molar-refractivity contribution >= 4 is 11.4 Å². The van der Waals surface area contributed by atoms with Crippen LogP contribution < -0.4 is 5.32 Å². The van der Waals surface area contributed by atoms with E-state index in [9.17, 15) is 15.2 Å². The summed E-state index contributed by atoms with van der Waals surface area (Å²) in [4.78, 5) is 10.7. The average Bonchev–Trinajstić information content (AvgIpc) is 2.47. The van der Waals surface area contributed by atoms with Gasteiger partial charge in [-0.3, -0.25) is 10.1 Å². The Morgan fingerprint density at radius 1 is 1.29 bits per heavy atom. The highest BCUT2D eigenvalue weighted by Gasteiger charge is 2.15. The van der Waals surface area contributed by atoms with Crippen LogP contribution in [0.5, 0.6) is 5.75 Å². The fraction of sp³-hybridized carbons (Fsp3) is 0.250. The molecule has 0 aromatic heterocycles. The highest BCUT2D eigenvalue weighted by Crippen LogP contribution is 2.29. The molecule has 1 unspecified atom stereocenters.